The molecule has 0 radical (unpaired) electrons. The Labute approximate surface area is 104 Å². The van der Waals surface area contributed by atoms with Crippen LogP contribution in [0.4, 0.5) is 0 Å². The van der Waals surface area contributed by atoms with Crippen LogP contribution in [-0.4, -0.2) is 51.0 Å². The normalized spacial score (nSPS) is 11.5. The molecule has 0 saturated carbocycles. The number of nitrogens with one attached hydrogen (secondary N) is 2. The molecule has 0 heterocycles. The van der Waals surface area contributed by atoms with E-state index >= 15 is 0 Å². The van der Waals surface area contributed by atoms with Crippen LogP contribution >= 0.6 is 0 Å². The number of amides is 1. The van der Waals surface area contributed by atoms with Gasteiger partial charge in [-0.05, 0) is 12.8 Å². The maximum absolute atomic E-state index is 11.5. The standard InChI is InChI=1S/C12H26N2O3/c1-4-12(5-2,10-15)9-14-11(16)8-13-6-7-17-3/h13,15H,4-10H2,1-3H3,(H,14,16). The van der Waals surface area contributed by atoms with Gasteiger partial charge in [0, 0.05) is 25.6 Å². The zero-order chi connectivity index (χ0) is 13.1. The number of aliphatic hydroxyl groups is 1. The SMILES string of the molecule is CCC(CC)(CO)CNC(=O)CNCCOC. The second kappa shape index (κ2) is 9.39. The van der Waals surface area contributed by atoms with Crippen molar-refractivity contribution in [1.82, 2.24) is 10.6 Å². The first-order valence-corrected chi connectivity index (χ1v) is 6.21. The van der Waals surface area contributed by atoms with Crippen molar-refractivity contribution >= 4 is 5.91 Å². The van der Waals surface area contributed by atoms with Crippen LogP contribution in [0.3, 0.4) is 0 Å². The summed E-state index contributed by atoms with van der Waals surface area (Å²) in [6.45, 7) is 6.25. The van der Waals surface area contributed by atoms with E-state index in [1.165, 1.54) is 0 Å². The van der Waals surface area contributed by atoms with Gasteiger partial charge in [0.25, 0.3) is 0 Å². The Balaban J connectivity index is 3.81. The molecule has 3 N–H and O–H groups in total. The fourth-order valence-corrected chi connectivity index (χ4v) is 1.50. The van der Waals surface area contributed by atoms with Gasteiger partial charge in [-0.2, -0.15) is 0 Å². The second-order valence-corrected chi connectivity index (χ2v) is 4.31. The lowest BCUT2D eigenvalue weighted by molar-refractivity contribution is -0.121. The lowest BCUT2D eigenvalue weighted by atomic mass is 9.83. The average Bonchev–Trinajstić information content (AvgIpc) is 2.37. The van der Waals surface area contributed by atoms with Gasteiger partial charge in [-0.25, -0.2) is 0 Å². The molecule has 0 atom stereocenters. The Kier molecular flexibility index (Phi) is 9.03. The van der Waals surface area contributed by atoms with Crippen molar-refractivity contribution < 1.29 is 14.6 Å². The molecule has 0 fully saturated rings. The molecule has 17 heavy (non-hydrogen) atoms. The summed E-state index contributed by atoms with van der Waals surface area (Å²) in [7, 11) is 1.62. The number of methoxy groups -OCH3 is 1. The molecule has 0 aromatic rings. The van der Waals surface area contributed by atoms with E-state index in [9.17, 15) is 9.90 Å². The van der Waals surface area contributed by atoms with E-state index in [0.717, 1.165) is 12.8 Å². The lowest BCUT2D eigenvalue weighted by Crippen LogP contribution is -2.43. The predicted molar refractivity (Wildman–Crippen MR) is 67.9 cm³/mol. The topological polar surface area (TPSA) is 70.6 Å². The molecule has 0 rings (SSSR count). The van der Waals surface area contributed by atoms with Crippen molar-refractivity contribution in [2.75, 3.05) is 40.0 Å². The third-order valence-electron chi connectivity index (χ3n) is 3.26. The number of hydrogen-bond donors (Lipinski definition) is 3. The smallest absolute Gasteiger partial charge is 0.233 e. The van der Waals surface area contributed by atoms with Crippen LogP contribution in [0, 0.1) is 5.41 Å². The van der Waals surface area contributed by atoms with Gasteiger partial charge >= 0.3 is 0 Å². The van der Waals surface area contributed by atoms with Gasteiger partial charge in [0.1, 0.15) is 0 Å². The van der Waals surface area contributed by atoms with Crippen LogP contribution in [0.15, 0.2) is 0 Å². The van der Waals surface area contributed by atoms with Crippen molar-refractivity contribution in [3.05, 3.63) is 0 Å². The molecule has 0 saturated heterocycles. The van der Waals surface area contributed by atoms with Crippen LogP contribution in [0.25, 0.3) is 0 Å². The first-order chi connectivity index (χ1) is 8.14. The summed E-state index contributed by atoms with van der Waals surface area (Å²) in [5.41, 5.74) is -0.178. The van der Waals surface area contributed by atoms with E-state index in [1.54, 1.807) is 7.11 Å². The Morgan fingerprint density at radius 3 is 2.47 bits per heavy atom. The van der Waals surface area contributed by atoms with Crippen LogP contribution in [0.5, 0.6) is 0 Å². The fraction of sp³-hybridized carbons (Fsp3) is 0.917. The van der Waals surface area contributed by atoms with Gasteiger partial charge in [0.2, 0.25) is 5.91 Å². The fourth-order valence-electron chi connectivity index (χ4n) is 1.50. The lowest BCUT2D eigenvalue weighted by Gasteiger charge is -2.29. The maximum atomic E-state index is 11.5. The highest BCUT2D eigenvalue weighted by atomic mass is 16.5. The number of hydrogen-bond acceptors (Lipinski definition) is 4. The van der Waals surface area contributed by atoms with Gasteiger partial charge in [-0.1, -0.05) is 13.8 Å². The van der Waals surface area contributed by atoms with E-state index in [0.29, 0.717) is 19.7 Å². The number of aliphatic hydroxyl groups excluding tert-OH is 1. The highest BCUT2D eigenvalue weighted by molar-refractivity contribution is 5.78. The Hall–Kier alpha value is -0.650. The zero-order valence-corrected chi connectivity index (χ0v) is 11.2. The summed E-state index contributed by atoms with van der Waals surface area (Å²) in [5.74, 6) is -0.0409. The minimum absolute atomic E-state index is 0.0409. The van der Waals surface area contributed by atoms with Gasteiger partial charge in [0.05, 0.1) is 19.8 Å². The molecule has 0 unspecified atom stereocenters. The van der Waals surface area contributed by atoms with E-state index in [2.05, 4.69) is 10.6 Å². The van der Waals surface area contributed by atoms with Crippen molar-refractivity contribution in [3.8, 4) is 0 Å². The summed E-state index contributed by atoms with van der Waals surface area (Å²) in [5, 5.41) is 15.2. The minimum atomic E-state index is -0.178. The molecular weight excluding hydrogens is 220 g/mol. The van der Waals surface area contributed by atoms with Crippen LogP contribution in [0.2, 0.25) is 0 Å². The molecular formula is C12H26N2O3. The molecule has 1 amide bonds. The molecule has 5 nitrogen and oxygen atoms in total. The van der Waals surface area contributed by atoms with E-state index < -0.39 is 0 Å². The zero-order valence-electron chi connectivity index (χ0n) is 11.2. The molecule has 0 aromatic carbocycles. The Morgan fingerprint density at radius 2 is 2.00 bits per heavy atom. The second-order valence-electron chi connectivity index (χ2n) is 4.31. The summed E-state index contributed by atoms with van der Waals surface area (Å²) >= 11 is 0. The first-order valence-electron chi connectivity index (χ1n) is 6.21. The van der Waals surface area contributed by atoms with Crippen molar-refractivity contribution in [1.29, 1.82) is 0 Å². The minimum Gasteiger partial charge on any atom is -0.396 e. The van der Waals surface area contributed by atoms with E-state index in [-0.39, 0.29) is 24.5 Å². The van der Waals surface area contributed by atoms with Gasteiger partial charge < -0.3 is 20.5 Å². The highest BCUT2D eigenvalue weighted by Gasteiger charge is 2.25. The van der Waals surface area contributed by atoms with Crippen molar-refractivity contribution in [2.45, 2.75) is 26.7 Å². The van der Waals surface area contributed by atoms with Gasteiger partial charge in [-0.15, -0.1) is 0 Å². The summed E-state index contributed by atoms with van der Waals surface area (Å²) in [6.07, 6.45) is 1.72. The highest BCUT2D eigenvalue weighted by Crippen LogP contribution is 2.24. The van der Waals surface area contributed by atoms with Gasteiger partial charge in [-0.3, -0.25) is 4.79 Å². The molecule has 0 spiro atoms. The molecule has 0 aromatic heterocycles. The number of carbonyl (C=O) groups excluding carboxylic acids is 1. The molecule has 0 aliphatic rings. The Morgan fingerprint density at radius 1 is 1.35 bits per heavy atom. The van der Waals surface area contributed by atoms with Crippen molar-refractivity contribution in [3.63, 3.8) is 0 Å². The number of ether oxygens (including phenoxy) is 1. The predicted octanol–water partition coefficient (Wildman–Crippen LogP) is 0.137. The average molecular weight is 246 g/mol. The molecule has 0 aliphatic carbocycles. The molecule has 5 heteroatoms. The van der Waals surface area contributed by atoms with Crippen LogP contribution in [-0.2, 0) is 9.53 Å². The first kappa shape index (κ1) is 16.4. The third-order valence-corrected chi connectivity index (χ3v) is 3.26. The summed E-state index contributed by atoms with van der Waals surface area (Å²) < 4.78 is 4.86. The summed E-state index contributed by atoms with van der Waals surface area (Å²) in [4.78, 5) is 11.5. The molecule has 102 valence electrons. The summed E-state index contributed by atoms with van der Waals surface area (Å²) in [6, 6.07) is 0. The quantitative estimate of drug-likeness (QED) is 0.479. The molecule has 0 bridgehead atoms. The molecule has 0 aliphatic heterocycles. The number of rotatable bonds is 10. The number of carbonyl (C=O) groups is 1. The van der Waals surface area contributed by atoms with Crippen molar-refractivity contribution in [2.24, 2.45) is 5.41 Å². The van der Waals surface area contributed by atoms with E-state index in [4.69, 9.17) is 4.74 Å². The van der Waals surface area contributed by atoms with Gasteiger partial charge in [0.15, 0.2) is 0 Å². The monoisotopic (exact) mass is 246 g/mol. The Bertz CT molecular complexity index is 198. The van der Waals surface area contributed by atoms with Crippen LogP contribution in [0.1, 0.15) is 26.7 Å². The maximum Gasteiger partial charge on any atom is 0.233 e. The largest absolute Gasteiger partial charge is 0.396 e. The van der Waals surface area contributed by atoms with E-state index in [1.807, 2.05) is 13.8 Å². The van der Waals surface area contributed by atoms with Crippen LogP contribution < -0.4 is 10.6 Å². The third kappa shape index (κ3) is 6.61.